The van der Waals surface area contributed by atoms with Crippen LogP contribution in [0.1, 0.15) is 10.4 Å². The fourth-order valence-electron chi connectivity index (χ4n) is 2.84. The number of fused-ring (bicyclic) bond motifs is 1. The van der Waals surface area contributed by atoms with Gasteiger partial charge in [-0.15, -0.1) is 11.3 Å². The number of halogens is 1. The molecule has 3 aromatic rings. The molecule has 3 rings (SSSR count). The van der Waals surface area contributed by atoms with Crippen molar-refractivity contribution in [3.05, 3.63) is 52.8 Å². The molecule has 0 unspecified atom stereocenters. The molecule has 0 amide bonds. The van der Waals surface area contributed by atoms with Crippen LogP contribution < -0.4 is 10.6 Å². The van der Waals surface area contributed by atoms with Crippen LogP contribution in [0.5, 0.6) is 0 Å². The fraction of sp³-hybridized carbons (Fsp3) is 0.316. The predicted molar refractivity (Wildman–Crippen MR) is 115 cm³/mol. The molecular weight excluding hydrogens is 413 g/mol. The Hall–Kier alpha value is -2.43. The number of hydrogen-bond donors (Lipinski definition) is 3. The molecule has 2 heterocycles. The van der Waals surface area contributed by atoms with Gasteiger partial charge in [-0.05, 0) is 42.3 Å². The van der Waals surface area contributed by atoms with Crippen molar-refractivity contribution in [3.8, 4) is 0 Å². The summed E-state index contributed by atoms with van der Waals surface area (Å²) in [6, 6.07) is 8.11. The van der Waals surface area contributed by atoms with Gasteiger partial charge >= 0.3 is 0 Å². The van der Waals surface area contributed by atoms with Gasteiger partial charge in [0.2, 0.25) is 0 Å². The lowest BCUT2D eigenvalue weighted by molar-refractivity contribution is 0.523. The number of H-pyrrole nitrogens is 1. The van der Waals surface area contributed by atoms with Crippen LogP contribution in [0.15, 0.2) is 45.7 Å². The van der Waals surface area contributed by atoms with Crippen molar-refractivity contribution in [1.29, 1.82) is 0 Å². The summed E-state index contributed by atoms with van der Waals surface area (Å²) in [7, 11) is 1.29. The number of guanidine groups is 1. The first-order valence-electron chi connectivity index (χ1n) is 9.02. The van der Waals surface area contributed by atoms with Crippen LogP contribution in [-0.4, -0.2) is 51.4 Å². The third kappa shape index (κ3) is 4.95. The molecule has 7 nitrogen and oxygen atoms in total. The number of aromatic nitrogens is 1. The van der Waals surface area contributed by atoms with Gasteiger partial charge in [-0.25, -0.2) is 17.1 Å². The van der Waals surface area contributed by atoms with Crippen molar-refractivity contribution >= 4 is 38.2 Å². The first-order valence-corrected chi connectivity index (χ1v) is 11.3. The van der Waals surface area contributed by atoms with Crippen molar-refractivity contribution in [3.63, 3.8) is 0 Å². The van der Waals surface area contributed by atoms with Crippen LogP contribution in [0.25, 0.3) is 10.9 Å². The minimum Gasteiger partial charge on any atom is -0.361 e. The Morgan fingerprint density at radius 3 is 2.76 bits per heavy atom. The molecule has 10 heteroatoms. The van der Waals surface area contributed by atoms with Gasteiger partial charge in [0, 0.05) is 49.7 Å². The molecule has 0 saturated heterocycles. The second-order valence-electron chi connectivity index (χ2n) is 6.61. The molecule has 0 aliphatic carbocycles. The van der Waals surface area contributed by atoms with Gasteiger partial charge in [0.1, 0.15) is 10.0 Å². The second-order valence-corrected chi connectivity index (χ2v) is 10.2. The zero-order chi connectivity index (χ0) is 21.0. The summed E-state index contributed by atoms with van der Waals surface area (Å²) in [5.41, 5.74) is 1.93. The minimum atomic E-state index is -3.41. The van der Waals surface area contributed by atoms with Crippen LogP contribution in [0.3, 0.4) is 0 Å². The van der Waals surface area contributed by atoms with E-state index in [-0.39, 0.29) is 5.82 Å². The smallest absolute Gasteiger partial charge is 0.252 e. The number of nitrogens with one attached hydrogen (secondary N) is 3. The molecule has 0 fully saturated rings. The number of sulfonamides is 1. The fourth-order valence-corrected chi connectivity index (χ4v) is 5.30. The normalized spacial score (nSPS) is 12.7. The summed E-state index contributed by atoms with van der Waals surface area (Å²) in [4.78, 5) is 8.22. The molecule has 29 heavy (non-hydrogen) atoms. The highest BCUT2D eigenvalue weighted by Crippen LogP contribution is 2.23. The van der Waals surface area contributed by atoms with E-state index in [9.17, 15) is 12.8 Å². The quantitative estimate of drug-likeness (QED) is 0.391. The number of nitrogens with zero attached hydrogens (tertiary/aromatic N) is 2. The van der Waals surface area contributed by atoms with E-state index in [0.717, 1.165) is 21.3 Å². The maximum absolute atomic E-state index is 13.5. The largest absolute Gasteiger partial charge is 0.361 e. The topological polar surface area (TPSA) is 89.6 Å². The van der Waals surface area contributed by atoms with Gasteiger partial charge in [-0.3, -0.25) is 4.99 Å². The predicted octanol–water partition coefficient (Wildman–Crippen LogP) is 2.53. The van der Waals surface area contributed by atoms with E-state index in [1.54, 1.807) is 25.2 Å². The van der Waals surface area contributed by atoms with Gasteiger partial charge < -0.3 is 15.6 Å². The number of hydrogen-bond acceptors (Lipinski definition) is 4. The lowest BCUT2D eigenvalue weighted by atomic mass is 10.1. The third-order valence-electron chi connectivity index (χ3n) is 4.44. The molecule has 2 aromatic heterocycles. The van der Waals surface area contributed by atoms with Gasteiger partial charge in [0.25, 0.3) is 10.0 Å². The third-order valence-corrected chi connectivity index (χ3v) is 7.81. The van der Waals surface area contributed by atoms with E-state index in [4.69, 9.17) is 0 Å². The number of aromatic amines is 1. The molecule has 0 spiro atoms. The van der Waals surface area contributed by atoms with E-state index in [2.05, 4.69) is 20.6 Å². The maximum Gasteiger partial charge on any atom is 0.252 e. The highest BCUT2D eigenvalue weighted by Gasteiger charge is 2.19. The molecule has 156 valence electrons. The summed E-state index contributed by atoms with van der Waals surface area (Å²) >= 11 is 1.23. The molecule has 0 radical (unpaired) electrons. The highest BCUT2D eigenvalue weighted by molar-refractivity contribution is 7.91. The molecule has 3 N–H and O–H groups in total. The summed E-state index contributed by atoms with van der Waals surface area (Å²) in [6.07, 6.45) is 2.59. The lowest BCUT2D eigenvalue weighted by Gasteiger charge is -2.11. The Bertz CT molecular complexity index is 1120. The van der Waals surface area contributed by atoms with E-state index in [1.807, 2.05) is 6.20 Å². The lowest BCUT2D eigenvalue weighted by Crippen LogP contribution is -2.37. The summed E-state index contributed by atoms with van der Waals surface area (Å²) in [5, 5.41) is 7.28. The Kier molecular flexibility index (Phi) is 6.56. The molecule has 0 atom stereocenters. The van der Waals surface area contributed by atoms with E-state index < -0.39 is 10.0 Å². The zero-order valence-corrected chi connectivity index (χ0v) is 18.1. The van der Waals surface area contributed by atoms with Crippen molar-refractivity contribution in [2.24, 2.45) is 4.99 Å². The monoisotopic (exact) mass is 437 g/mol. The van der Waals surface area contributed by atoms with Crippen molar-refractivity contribution < 1.29 is 12.8 Å². The standard InChI is InChI=1S/C19H24FN5O2S2/c1-21-19(24-12-15-5-7-18(28-15)29(26,27)25(2)3)22-9-8-13-11-23-17-6-4-14(20)10-16(13)17/h4-7,10-11,23H,8-9,12H2,1-3H3,(H2,21,22,24). The molecular formula is C19H24FN5O2S2. The number of benzene rings is 1. The number of rotatable bonds is 7. The summed E-state index contributed by atoms with van der Waals surface area (Å²) < 4.78 is 39.3. The van der Waals surface area contributed by atoms with Crippen molar-refractivity contribution in [2.75, 3.05) is 27.7 Å². The van der Waals surface area contributed by atoms with Crippen LogP contribution in [0, 0.1) is 5.82 Å². The minimum absolute atomic E-state index is 0.254. The Labute approximate surface area is 173 Å². The molecule has 0 bridgehead atoms. The van der Waals surface area contributed by atoms with Crippen LogP contribution in [0.2, 0.25) is 0 Å². The maximum atomic E-state index is 13.5. The first-order chi connectivity index (χ1) is 13.8. The molecule has 0 aliphatic heterocycles. The van der Waals surface area contributed by atoms with Gasteiger partial charge in [-0.2, -0.15) is 0 Å². The molecule has 0 saturated carbocycles. The van der Waals surface area contributed by atoms with Crippen molar-refractivity contribution in [2.45, 2.75) is 17.2 Å². The Morgan fingerprint density at radius 1 is 1.24 bits per heavy atom. The zero-order valence-electron chi connectivity index (χ0n) is 16.5. The van der Waals surface area contributed by atoms with Gasteiger partial charge in [0.15, 0.2) is 5.96 Å². The molecule has 1 aromatic carbocycles. The van der Waals surface area contributed by atoms with E-state index >= 15 is 0 Å². The average molecular weight is 438 g/mol. The van der Waals surface area contributed by atoms with Crippen molar-refractivity contribution in [1.82, 2.24) is 19.9 Å². The molecule has 0 aliphatic rings. The van der Waals surface area contributed by atoms with Crippen LogP contribution in [0.4, 0.5) is 4.39 Å². The SMILES string of the molecule is CN=C(NCCc1c[nH]c2ccc(F)cc12)NCc1ccc(S(=O)(=O)N(C)C)s1. The van der Waals surface area contributed by atoms with Gasteiger partial charge in [-0.1, -0.05) is 0 Å². The van der Waals surface area contributed by atoms with E-state index in [0.29, 0.717) is 29.7 Å². The Morgan fingerprint density at radius 2 is 2.03 bits per heavy atom. The van der Waals surface area contributed by atoms with E-state index in [1.165, 1.54) is 41.9 Å². The highest BCUT2D eigenvalue weighted by atomic mass is 32.2. The second kappa shape index (κ2) is 8.93. The van der Waals surface area contributed by atoms with Gasteiger partial charge in [0.05, 0.1) is 6.54 Å². The number of aliphatic imine (C=N–C) groups is 1. The summed E-state index contributed by atoms with van der Waals surface area (Å²) in [6.45, 7) is 1.08. The average Bonchev–Trinajstić information content (AvgIpc) is 3.32. The number of thiophene rings is 1. The summed E-state index contributed by atoms with van der Waals surface area (Å²) in [5.74, 6) is 0.358. The van der Waals surface area contributed by atoms with Crippen LogP contribution in [-0.2, 0) is 23.0 Å². The van der Waals surface area contributed by atoms with Crippen LogP contribution >= 0.6 is 11.3 Å². The Balaban J connectivity index is 1.54. The first kappa shape index (κ1) is 21.3.